The molecule has 4 aromatic rings. The van der Waals surface area contributed by atoms with E-state index in [1.807, 2.05) is 41.3 Å². The van der Waals surface area contributed by atoms with E-state index in [-0.39, 0.29) is 17.0 Å². The Hall–Kier alpha value is -5.40. The molecule has 3 amide bonds. The summed E-state index contributed by atoms with van der Waals surface area (Å²) in [4.78, 5) is 44.1. The molecule has 2 aliphatic rings. The summed E-state index contributed by atoms with van der Waals surface area (Å²) in [5, 5.41) is 5.64. The molecule has 6 rings (SSSR count). The number of amides is 3. The van der Waals surface area contributed by atoms with Gasteiger partial charge in [0.1, 0.15) is 5.75 Å². The maximum absolute atomic E-state index is 13.3. The molecule has 266 valence electrons. The van der Waals surface area contributed by atoms with Crippen molar-refractivity contribution in [2.45, 2.75) is 19.8 Å². The number of halogens is 3. The number of rotatable bonds is 9. The molecule has 0 spiro atoms. The van der Waals surface area contributed by atoms with E-state index in [0.29, 0.717) is 48.8 Å². The van der Waals surface area contributed by atoms with Crippen LogP contribution >= 0.6 is 0 Å². The Kier molecular flexibility index (Phi) is 10.9. The molecule has 0 radical (unpaired) electrons. The zero-order chi connectivity index (χ0) is 36.0. The minimum atomic E-state index is -4.96. The number of alkyl halides is 3. The van der Waals surface area contributed by atoms with Crippen molar-refractivity contribution in [2.75, 3.05) is 68.0 Å². The molecule has 4 aromatic carbocycles. The fraction of sp³-hybridized carbons (Fsp3) is 0.289. The van der Waals surface area contributed by atoms with Gasteiger partial charge in [-0.25, -0.2) is 0 Å². The molecule has 2 aliphatic heterocycles. The zero-order valence-electron chi connectivity index (χ0n) is 28.0. The van der Waals surface area contributed by atoms with Gasteiger partial charge in [-0.05, 0) is 77.9 Å². The van der Waals surface area contributed by atoms with Crippen LogP contribution in [0.15, 0.2) is 91.0 Å². The normalized spacial score (nSPS) is 15.3. The Morgan fingerprint density at radius 2 is 1.29 bits per heavy atom. The van der Waals surface area contributed by atoms with E-state index in [2.05, 4.69) is 25.2 Å². The first-order valence-corrected chi connectivity index (χ1v) is 16.6. The summed E-state index contributed by atoms with van der Waals surface area (Å²) in [5.74, 6) is -1.30. The van der Waals surface area contributed by atoms with Crippen molar-refractivity contribution in [1.29, 1.82) is 0 Å². The number of carbonyl (C=O) groups is 3. The molecular weight excluding hydrogens is 663 g/mol. The second-order valence-corrected chi connectivity index (χ2v) is 12.4. The standard InChI is InChI=1S/C38H38F3N5O5/c1-26(47)45-18-16-44(17-19-45)25-27-2-9-31(10-3-27)42-36(48)29-6-4-28(5-7-29)34-24-30(8-15-35(34)51-38(39,40)41)37(49)43-32-11-13-33(14-12-32)46-20-22-50-23-21-46/h2-15,24H,16-23,25H2,1H3,(H,42,48)(H,43,49). The van der Waals surface area contributed by atoms with Gasteiger partial charge in [0.15, 0.2) is 0 Å². The van der Waals surface area contributed by atoms with Crippen LogP contribution in [0.4, 0.5) is 30.2 Å². The largest absolute Gasteiger partial charge is 0.573 e. The van der Waals surface area contributed by atoms with Gasteiger partial charge in [0.25, 0.3) is 11.8 Å². The van der Waals surface area contributed by atoms with Crippen molar-refractivity contribution in [2.24, 2.45) is 0 Å². The van der Waals surface area contributed by atoms with Crippen LogP contribution in [0.3, 0.4) is 0 Å². The van der Waals surface area contributed by atoms with Gasteiger partial charge in [-0.3, -0.25) is 19.3 Å². The summed E-state index contributed by atoms with van der Waals surface area (Å²) in [6.07, 6.45) is -4.96. The number of piperazine rings is 1. The predicted octanol–water partition coefficient (Wildman–Crippen LogP) is 6.26. The van der Waals surface area contributed by atoms with Gasteiger partial charge in [-0.2, -0.15) is 0 Å². The van der Waals surface area contributed by atoms with Crippen molar-refractivity contribution in [1.82, 2.24) is 9.80 Å². The first-order chi connectivity index (χ1) is 24.5. The zero-order valence-corrected chi connectivity index (χ0v) is 28.0. The molecule has 2 N–H and O–H groups in total. The van der Waals surface area contributed by atoms with Crippen LogP contribution in [0.25, 0.3) is 11.1 Å². The number of hydrogen-bond donors (Lipinski definition) is 2. The Labute approximate surface area is 293 Å². The number of carbonyl (C=O) groups excluding carboxylic acids is 3. The van der Waals surface area contributed by atoms with Gasteiger partial charge >= 0.3 is 6.36 Å². The second kappa shape index (κ2) is 15.7. The molecule has 2 fully saturated rings. The fourth-order valence-corrected chi connectivity index (χ4v) is 6.07. The number of ether oxygens (including phenoxy) is 2. The summed E-state index contributed by atoms with van der Waals surface area (Å²) in [6, 6.07) is 24.5. The van der Waals surface area contributed by atoms with Crippen molar-refractivity contribution < 1.29 is 37.0 Å². The number of morpholine rings is 1. The third-order valence-electron chi connectivity index (χ3n) is 8.86. The molecule has 2 heterocycles. The van der Waals surface area contributed by atoms with E-state index in [1.165, 1.54) is 36.4 Å². The molecule has 0 unspecified atom stereocenters. The van der Waals surface area contributed by atoms with E-state index in [4.69, 9.17) is 4.74 Å². The average Bonchev–Trinajstić information content (AvgIpc) is 3.13. The molecule has 0 atom stereocenters. The average molecular weight is 702 g/mol. The minimum absolute atomic E-state index is 0.0351. The highest BCUT2D eigenvalue weighted by molar-refractivity contribution is 6.06. The van der Waals surface area contributed by atoms with Crippen LogP contribution in [0, 0.1) is 0 Å². The lowest BCUT2D eigenvalue weighted by atomic mass is 10.00. The Morgan fingerprint density at radius 1 is 0.725 bits per heavy atom. The van der Waals surface area contributed by atoms with Gasteiger partial charge in [0.2, 0.25) is 5.91 Å². The van der Waals surface area contributed by atoms with Crippen molar-refractivity contribution in [3.8, 4) is 16.9 Å². The maximum atomic E-state index is 13.3. The maximum Gasteiger partial charge on any atom is 0.573 e. The quantitative estimate of drug-likeness (QED) is 0.213. The van der Waals surface area contributed by atoms with Crippen molar-refractivity contribution in [3.63, 3.8) is 0 Å². The molecule has 0 aliphatic carbocycles. The van der Waals surface area contributed by atoms with E-state index < -0.39 is 23.9 Å². The summed E-state index contributed by atoms with van der Waals surface area (Å²) >= 11 is 0. The number of nitrogens with zero attached hydrogens (tertiary/aromatic N) is 3. The summed E-state index contributed by atoms with van der Waals surface area (Å²) in [5.41, 5.74) is 3.96. The molecule has 2 saturated heterocycles. The summed E-state index contributed by atoms with van der Waals surface area (Å²) < 4.78 is 49.7. The SMILES string of the molecule is CC(=O)N1CCN(Cc2ccc(NC(=O)c3ccc(-c4cc(C(=O)Nc5ccc(N6CCOCC6)cc5)ccc4OC(F)(F)F)cc3)cc2)CC1. The topological polar surface area (TPSA) is 103 Å². The van der Waals surface area contributed by atoms with Crippen molar-refractivity contribution in [3.05, 3.63) is 108 Å². The highest BCUT2D eigenvalue weighted by atomic mass is 19.4. The van der Waals surface area contributed by atoms with Crippen LogP contribution in [0.1, 0.15) is 33.2 Å². The van der Waals surface area contributed by atoms with E-state index in [9.17, 15) is 27.6 Å². The third kappa shape index (κ3) is 9.44. The van der Waals surface area contributed by atoms with E-state index in [0.717, 1.165) is 50.0 Å². The summed E-state index contributed by atoms with van der Waals surface area (Å²) in [6.45, 7) is 8.11. The molecule has 51 heavy (non-hydrogen) atoms. The van der Waals surface area contributed by atoms with E-state index >= 15 is 0 Å². The fourth-order valence-electron chi connectivity index (χ4n) is 6.07. The lowest BCUT2D eigenvalue weighted by molar-refractivity contribution is -0.274. The Morgan fingerprint density at radius 3 is 1.88 bits per heavy atom. The molecule has 0 saturated carbocycles. The van der Waals surface area contributed by atoms with Gasteiger partial charge in [0.05, 0.1) is 13.2 Å². The third-order valence-corrected chi connectivity index (χ3v) is 8.86. The minimum Gasteiger partial charge on any atom is -0.405 e. The van der Waals surface area contributed by atoms with Gasteiger partial charge in [0, 0.05) is 86.5 Å². The Balaban J connectivity index is 1.11. The highest BCUT2D eigenvalue weighted by Crippen LogP contribution is 2.35. The predicted molar refractivity (Wildman–Crippen MR) is 188 cm³/mol. The molecule has 0 bridgehead atoms. The number of nitrogens with one attached hydrogen (secondary N) is 2. The number of benzene rings is 4. The van der Waals surface area contributed by atoms with Crippen LogP contribution in [-0.2, 0) is 16.1 Å². The van der Waals surface area contributed by atoms with Crippen molar-refractivity contribution >= 4 is 34.8 Å². The van der Waals surface area contributed by atoms with Crippen LogP contribution in [0.2, 0.25) is 0 Å². The lowest BCUT2D eigenvalue weighted by Gasteiger charge is -2.34. The first-order valence-electron chi connectivity index (χ1n) is 16.6. The number of anilines is 3. The molecule has 10 nitrogen and oxygen atoms in total. The number of hydrogen-bond acceptors (Lipinski definition) is 7. The lowest BCUT2D eigenvalue weighted by Crippen LogP contribution is -2.47. The smallest absolute Gasteiger partial charge is 0.405 e. The monoisotopic (exact) mass is 701 g/mol. The molecule has 0 aromatic heterocycles. The van der Waals surface area contributed by atoms with Crippen LogP contribution in [0.5, 0.6) is 5.75 Å². The Bertz CT molecular complexity index is 1840. The highest BCUT2D eigenvalue weighted by Gasteiger charge is 2.32. The van der Waals surface area contributed by atoms with Gasteiger partial charge in [-0.1, -0.05) is 24.3 Å². The van der Waals surface area contributed by atoms with Gasteiger partial charge in [-0.15, -0.1) is 13.2 Å². The molecule has 13 heteroatoms. The van der Waals surface area contributed by atoms with E-state index in [1.54, 1.807) is 19.1 Å². The van der Waals surface area contributed by atoms with Crippen LogP contribution < -0.4 is 20.3 Å². The molecular formula is C38H38F3N5O5. The summed E-state index contributed by atoms with van der Waals surface area (Å²) in [7, 11) is 0. The van der Waals surface area contributed by atoms with Crippen LogP contribution in [-0.4, -0.2) is 86.4 Å². The first kappa shape index (κ1) is 35.4. The van der Waals surface area contributed by atoms with Gasteiger partial charge < -0.3 is 29.9 Å². The second-order valence-electron chi connectivity index (χ2n) is 12.4.